The van der Waals surface area contributed by atoms with Crippen LogP contribution < -0.4 is 5.73 Å². The fourth-order valence-corrected chi connectivity index (χ4v) is 5.21. The lowest BCUT2D eigenvalue weighted by Gasteiger charge is -2.46. The van der Waals surface area contributed by atoms with Crippen molar-refractivity contribution in [1.29, 1.82) is 0 Å². The zero-order valence-corrected chi connectivity index (χ0v) is 14.8. The van der Waals surface area contributed by atoms with E-state index in [9.17, 15) is 4.79 Å². The molecule has 4 heterocycles. The van der Waals surface area contributed by atoms with Gasteiger partial charge in [-0.15, -0.1) is 0 Å². The van der Waals surface area contributed by atoms with Crippen molar-refractivity contribution in [3.05, 3.63) is 23.0 Å². The van der Waals surface area contributed by atoms with Crippen LogP contribution in [0.3, 0.4) is 0 Å². The summed E-state index contributed by atoms with van der Waals surface area (Å²) in [6.07, 6.45) is 7.95. The van der Waals surface area contributed by atoms with E-state index in [1.54, 1.807) is 0 Å². The van der Waals surface area contributed by atoms with Gasteiger partial charge in [-0.1, -0.05) is 6.42 Å². The van der Waals surface area contributed by atoms with E-state index in [0.717, 1.165) is 31.5 Å². The lowest BCUT2D eigenvalue weighted by atomic mass is 9.83. The van der Waals surface area contributed by atoms with Crippen molar-refractivity contribution in [2.45, 2.75) is 51.1 Å². The second-order valence-electron chi connectivity index (χ2n) is 7.91. The van der Waals surface area contributed by atoms with E-state index in [0.29, 0.717) is 5.69 Å². The lowest BCUT2D eigenvalue weighted by Crippen LogP contribution is -2.51. The number of carbonyl (C=O) groups is 1. The highest BCUT2D eigenvalue weighted by Gasteiger charge is 2.34. The second-order valence-corrected chi connectivity index (χ2v) is 7.91. The molecule has 24 heavy (non-hydrogen) atoms. The molecule has 2 saturated heterocycles. The van der Waals surface area contributed by atoms with Crippen LogP contribution in [0.15, 0.2) is 6.07 Å². The molecule has 4 rings (SSSR count). The van der Waals surface area contributed by atoms with Crippen molar-refractivity contribution in [2.75, 3.05) is 26.2 Å². The highest BCUT2D eigenvalue weighted by Crippen LogP contribution is 2.32. The van der Waals surface area contributed by atoms with Crippen LogP contribution in [-0.4, -0.2) is 52.5 Å². The topological polar surface area (TPSA) is 54.5 Å². The van der Waals surface area contributed by atoms with Gasteiger partial charge in [0.1, 0.15) is 5.69 Å². The molecule has 0 saturated carbocycles. The number of aromatic nitrogens is 1. The Hall–Kier alpha value is -1.33. The molecule has 2 fully saturated rings. The van der Waals surface area contributed by atoms with E-state index >= 15 is 0 Å². The fourth-order valence-electron chi connectivity index (χ4n) is 5.21. The van der Waals surface area contributed by atoms with Crippen molar-refractivity contribution in [1.82, 2.24) is 14.4 Å². The Kier molecular flexibility index (Phi) is 4.39. The van der Waals surface area contributed by atoms with Crippen LogP contribution in [0.2, 0.25) is 0 Å². The number of piperidine rings is 2. The first-order chi connectivity index (χ1) is 11.6. The normalized spacial score (nSPS) is 28.4. The molecule has 2 atom stereocenters. The molecule has 132 valence electrons. The number of primary amides is 1. The molecule has 0 aliphatic carbocycles. The maximum absolute atomic E-state index is 11.6. The number of nitrogens with two attached hydrogens (primary N) is 1. The standard InChI is InChI=1S/C19H30N4O/c1-21-17(19(20)24)11-14-7-10-22(13-18(14)21)12-15-5-4-9-23-8-3-2-6-16(15)23/h11,15-16H,2-10,12-13H2,1H3,(H2,20,24)/t15-,16+/m0/s1. The van der Waals surface area contributed by atoms with E-state index in [1.165, 1.54) is 63.0 Å². The molecule has 1 aromatic heterocycles. The molecule has 1 aromatic rings. The highest BCUT2D eigenvalue weighted by molar-refractivity contribution is 5.91. The molecule has 5 nitrogen and oxygen atoms in total. The van der Waals surface area contributed by atoms with Crippen LogP contribution in [0.25, 0.3) is 0 Å². The number of hydrogen-bond acceptors (Lipinski definition) is 3. The third-order valence-corrected chi connectivity index (χ3v) is 6.49. The van der Waals surface area contributed by atoms with Crippen molar-refractivity contribution < 1.29 is 4.79 Å². The maximum atomic E-state index is 11.6. The van der Waals surface area contributed by atoms with Gasteiger partial charge in [0.25, 0.3) is 5.91 Å². The fraction of sp³-hybridized carbons (Fsp3) is 0.737. The van der Waals surface area contributed by atoms with Gasteiger partial charge in [0, 0.05) is 38.4 Å². The SMILES string of the molecule is Cn1c(C(N)=O)cc2c1CN(C[C@@H]1CCCN3CCCC[C@H]13)CC2. The molecule has 0 bridgehead atoms. The van der Waals surface area contributed by atoms with Crippen LogP contribution >= 0.6 is 0 Å². The van der Waals surface area contributed by atoms with Gasteiger partial charge in [-0.2, -0.15) is 0 Å². The summed E-state index contributed by atoms with van der Waals surface area (Å²) >= 11 is 0. The molecule has 1 amide bonds. The number of nitrogens with zero attached hydrogens (tertiary/aromatic N) is 3. The third kappa shape index (κ3) is 2.88. The largest absolute Gasteiger partial charge is 0.364 e. The summed E-state index contributed by atoms with van der Waals surface area (Å²) in [5.74, 6) is 0.500. The second kappa shape index (κ2) is 6.52. The third-order valence-electron chi connectivity index (χ3n) is 6.49. The first-order valence-electron chi connectivity index (χ1n) is 9.57. The van der Waals surface area contributed by atoms with E-state index in [2.05, 4.69) is 9.80 Å². The average Bonchev–Trinajstić information content (AvgIpc) is 2.92. The monoisotopic (exact) mass is 330 g/mol. The summed E-state index contributed by atoms with van der Waals surface area (Å²) in [4.78, 5) is 16.9. The Morgan fingerprint density at radius 3 is 2.88 bits per heavy atom. The van der Waals surface area contributed by atoms with Crippen LogP contribution in [0, 0.1) is 5.92 Å². The van der Waals surface area contributed by atoms with Crippen LogP contribution in [-0.2, 0) is 20.0 Å². The molecule has 0 spiro atoms. The van der Waals surface area contributed by atoms with Crippen molar-refractivity contribution in [3.63, 3.8) is 0 Å². The summed E-state index contributed by atoms with van der Waals surface area (Å²) in [5, 5.41) is 0. The van der Waals surface area contributed by atoms with E-state index < -0.39 is 0 Å². The smallest absolute Gasteiger partial charge is 0.265 e. The van der Waals surface area contributed by atoms with Crippen LogP contribution in [0.5, 0.6) is 0 Å². The molecule has 2 N–H and O–H groups in total. The number of fused-ring (bicyclic) bond motifs is 2. The molecule has 3 aliphatic rings. The van der Waals surface area contributed by atoms with E-state index in [1.807, 2.05) is 17.7 Å². The van der Waals surface area contributed by atoms with Crippen molar-refractivity contribution in [2.24, 2.45) is 18.7 Å². The Morgan fingerprint density at radius 2 is 2.04 bits per heavy atom. The van der Waals surface area contributed by atoms with E-state index in [4.69, 9.17) is 5.73 Å². The maximum Gasteiger partial charge on any atom is 0.265 e. The van der Waals surface area contributed by atoms with Crippen LogP contribution in [0.4, 0.5) is 0 Å². The van der Waals surface area contributed by atoms with Gasteiger partial charge in [0.15, 0.2) is 0 Å². The predicted molar refractivity (Wildman–Crippen MR) is 94.8 cm³/mol. The zero-order valence-electron chi connectivity index (χ0n) is 14.8. The summed E-state index contributed by atoms with van der Waals surface area (Å²) in [6, 6.07) is 2.81. The van der Waals surface area contributed by atoms with Gasteiger partial charge in [-0.25, -0.2) is 0 Å². The van der Waals surface area contributed by atoms with Crippen LogP contribution in [0.1, 0.15) is 53.8 Å². The van der Waals surface area contributed by atoms with E-state index in [-0.39, 0.29) is 5.91 Å². The Labute approximate surface area is 144 Å². The van der Waals surface area contributed by atoms with Crippen molar-refractivity contribution >= 4 is 5.91 Å². The highest BCUT2D eigenvalue weighted by atomic mass is 16.1. The summed E-state index contributed by atoms with van der Waals surface area (Å²) < 4.78 is 2.01. The summed E-state index contributed by atoms with van der Waals surface area (Å²) in [5.41, 5.74) is 8.75. The zero-order chi connectivity index (χ0) is 16.7. The molecule has 0 radical (unpaired) electrons. The number of carbonyl (C=O) groups excluding carboxylic acids is 1. The minimum atomic E-state index is -0.316. The average molecular weight is 330 g/mol. The number of rotatable bonds is 3. The van der Waals surface area contributed by atoms with Gasteiger partial charge >= 0.3 is 0 Å². The Balaban J connectivity index is 1.46. The molecule has 5 heteroatoms. The molecular weight excluding hydrogens is 300 g/mol. The predicted octanol–water partition coefficient (Wildman–Crippen LogP) is 1.75. The number of amides is 1. The molecule has 0 aromatic carbocycles. The minimum absolute atomic E-state index is 0.316. The first-order valence-corrected chi connectivity index (χ1v) is 9.57. The quantitative estimate of drug-likeness (QED) is 0.918. The minimum Gasteiger partial charge on any atom is -0.364 e. The van der Waals surface area contributed by atoms with Gasteiger partial charge < -0.3 is 15.2 Å². The van der Waals surface area contributed by atoms with Gasteiger partial charge in [-0.05, 0) is 62.7 Å². The summed E-state index contributed by atoms with van der Waals surface area (Å²) in [6.45, 7) is 5.90. The Morgan fingerprint density at radius 1 is 1.21 bits per heavy atom. The molecule has 3 aliphatic heterocycles. The van der Waals surface area contributed by atoms with Gasteiger partial charge in [0.2, 0.25) is 0 Å². The summed E-state index contributed by atoms with van der Waals surface area (Å²) in [7, 11) is 1.98. The Bertz CT molecular complexity index is 621. The van der Waals surface area contributed by atoms with Crippen molar-refractivity contribution in [3.8, 4) is 0 Å². The molecule has 0 unspecified atom stereocenters. The van der Waals surface area contributed by atoms with Gasteiger partial charge in [0.05, 0.1) is 0 Å². The number of hydrogen-bond donors (Lipinski definition) is 1. The first kappa shape index (κ1) is 16.2. The van der Waals surface area contributed by atoms with Gasteiger partial charge in [-0.3, -0.25) is 9.69 Å². The molecular formula is C19H30N4O. The lowest BCUT2D eigenvalue weighted by molar-refractivity contribution is 0.0376.